The predicted molar refractivity (Wildman–Crippen MR) is 75.2 cm³/mol. The van der Waals surface area contributed by atoms with E-state index in [-0.39, 0.29) is 5.56 Å². The minimum Gasteiger partial charge on any atom is -0.385 e. The average molecular weight is 264 g/mol. The molecule has 1 aliphatic rings. The fraction of sp³-hybridized carbons (Fsp3) is 0.733. The van der Waals surface area contributed by atoms with Gasteiger partial charge in [-0.05, 0) is 38.5 Å². The molecule has 19 heavy (non-hydrogen) atoms. The van der Waals surface area contributed by atoms with E-state index in [0.29, 0.717) is 24.7 Å². The molecule has 0 fully saturated rings. The Balaban J connectivity index is 2.33. The highest BCUT2D eigenvalue weighted by molar-refractivity contribution is 5.19. The summed E-state index contributed by atoms with van der Waals surface area (Å²) >= 11 is 0. The molecule has 2 atom stereocenters. The number of aromatic nitrogens is 2. The highest BCUT2D eigenvalue weighted by atomic mass is 16.3. The molecular weight excluding hydrogens is 240 g/mol. The summed E-state index contributed by atoms with van der Waals surface area (Å²) < 4.78 is 1.67. The van der Waals surface area contributed by atoms with Crippen LogP contribution in [0.15, 0.2) is 4.79 Å². The lowest BCUT2D eigenvalue weighted by Crippen LogP contribution is -2.33. The molecule has 0 saturated heterocycles. The summed E-state index contributed by atoms with van der Waals surface area (Å²) in [5.41, 5.74) is 1.68. The fourth-order valence-electron chi connectivity index (χ4n) is 2.65. The molecule has 0 bridgehead atoms. The van der Waals surface area contributed by atoms with Crippen molar-refractivity contribution in [3.8, 4) is 0 Å². The molecule has 0 amide bonds. The zero-order valence-corrected chi connectivity index (χ0v) is 12.1. The summed E-state index contributed by atoms with van der Waals surface area (Å²) in [5, 5.41) is 9.94. The van der Waals surface area contributed by atoms with E-state index in [1.54, 1.807) is 4.57 Å². The second kappa shape index (κ2) is 5.87. The number of aliphatic hydroxyl groups is 1. The first-order chi connectivity index (χ1) is 9.04. The van der Waals surface area contributed by atoms with Gasteiger partial charge in [-0.1, -0.05) is 20.3 Å². The Morgan fingerprint density at radius 1 is 1.53 bits per heavy atom. The Labute approximate surface area is 114 Å². The van der Waals surface area contributed by atoms with Gasteiger partial charge in [0.15, 0.2) is 0 Å². The Hall–Kier alpha value is -1.16. The maximum absolute atomic E-state index is 12.5. The zero-order chi connectivity index (χ0) is 14.0. The van der Waals surface area contributed by atoms with E-state index < -0.39 is 6.10 Å². The fourth-order valence-corrected chi connectivity index (χ4v) is 2.65. The van der Waals surface area contributed by atoms with Crippen LogP contribution in [-0.2, 0) is 13.0 Å². The first-order valence-electron chi connectivity index (χ1n) is 7.32. The SMILES string of the molecule is CCC(C)CCc1c(C)nc2n(c1=O)CCCC2O. The highest BCUT2D eigenvalue weighted by Gasteiger charge is 2.23. The molecule has 0 aliphatic carbocycles. The van der Waals surface area contributed by atoms with E-state index in [1.165, 1.54) is 0 Å². The number of aryl methyl sites for hydroxylation is 1. The summed E-state index contributed by atoms with van der Waals surface area (Å²) in [5.74, 6) is 1.19. The number of hydrogen-bond acceptors (Lipinski definition) is 3. The molecule has 2 heterocycles. The number of rotatable bonds is 4. The lowest BCUT2D eigenvalue weighted by molar-refractivity contribution is 0.129. The maximum Gasteiger partial charge on any atom is 0.257 e. The Morgan fingerprint density at radius 2 is 2.26 bits per heavy atom. The van der Waals surface area contributed by atoms with Crippen LogP contribution in [-0.4, -0.2) is 14.7 Å². The minimum absolute atomic E-state index is 0.0598. The molecule has 2 unspecified atom stereocenters. The topological polar surface area (TPSA) is 55.1 Å². The molecule has 0 spiro atoms. The lowest BCUT2D eigenvalue weighted by Gasteiger charge is -2.23. The van der Waals surface area contributed by atoms with E-state index in [0.717, 1.165) is 36.9 Å². The molecular formula is C15H24N2O2. The number of fused-ring (bicyclic) bond motifs is 1. The van der Waals surface area contributed by atoms with Crippen molar-refractivity contribution in [2.75, 3.05) is 0 Å². The van der Waals surface area contributed by atoms with Gasteiger partial charge >= 0.3 is 0 Å². The Kier molecular flexibility index (Phi) is 4.40. The van der Waals surface area contributed by atoms with Crippen LogP contribution in [0.2, 0.25) is 0 Å². The first-order valence-corrected chi connectivity index (χ1v) is 7.32. The third-order valence-electron chi connectivity index (χ3n) is 4.24. The van der Waals surface area contributed by atoms with Crippen molar-refractivity contribution in [1.82, 2.24) is 9.55 Å². The quantitative estimate of drug-likeness (QED) is 0.908. The van der Waals surface area contributed by atoms with E-state index in [2.05, 4.69) is 18.8 Å². The van der Waals surface area contributed by atoms with Crippen molar-refractivity contribution < 1.29 is 5.11 Å². The van der Waals surface area contributed by atoms with Crippen molar-refractivity contribution >= 4 is 0 Å². The minimum atomic E-state index is -0.580. The van der Waals surface area contributed by atoms with Crippen molar-refractivity contribution in [2.24, 2.45) is 5.92 Å². The first kappa shape index (κ1) is 14.3. The summed E-state index contributed by atoms with van der Waals surface area (Å²) in [4.78, 5) is 17.0. The van der Waals surface area contributed by atoms with Gasteiger partial charge < -0.3 is 5.11 Å². The van der Waals surface area contributed by atoms with Gasteiger partial charge in [0.2, 0.25) is 0 Å². The van der Waals surface area contributed by atoms with Gasteiger partial charge in [0, 0.05) is 17.8 Å². The number of aliphatic hydroxyl groups excluding tert-OH is 1. The Bertz CT molecular complexity index is 508. The van der Waals surface area contributed by atoms with Crippen LogP contribution in [0.25, 0.3) is 0 Å². The highest BCUT2D eigenvalue weighted by Crippen LogP contribution is 2.22. The van der Waals surface area contributed by atoms with Crippen LogP contribution < -0.4 is 5.56 Å². The standard InChI is InChI=1S/C15H24N2O2/c1-4-10(2)7-8-12-11(3)16-14-13(18)6-5-9-17(14)15(12)19/h10,13,18H,4-9H2,1-3H3. The molecule has 0 radical (unpaired) electrons. The van der Waals surface area contributed by atoms with E-state index >= 15 is 0 Å². The summed E-state index contributed by atoms with van der Waals surface area (Å²) in [6, 6.07) is 0. The predicted octanol–water partition coefficient (Wildman–Crippen LogP) is 2.36. The van der Waals surface area contributed by atoms with Crippen molar-refractivity contribution in [3.63, 3.8) is 0 Å². The molecule has 4 nitrogen and oxygen atoms in total. The third kappa shape index (κ3) is 2.89. The zero-order valence-electron chi connectivity index (χ0n) is 12.1. The average Bonchev–Trinajstić information content (AvgIpc) is 2.39. The van der Waals surface area contributed by atoms with Gasteiger partial charge in [0.1, 0.15) is 11.9 Å². The largest absolute Gasteiger partial charge is 0.385 e. The van der Waals surface area contributed by atoms with Crippen LogP contribution in [0.3, 0.4) is 0 Å². The van der Waals surface area contributed by atoms with E-state index in [1.807, 2.05) is 6.92 Å². The monoisotopic (exact) mass is 264 g/mol. The Morgan fingerprint density at radius 3 is 2.95 bits per heavy atom. The lowest BCUT2D eigenvalue weighted by atomic mass is 9.98. The van der Waals surface area contributed by atoms with Crippen molar-refractivity contribution in [2.45, 2.75) is 65.5 Å². The number of nitrogens with zero attached hydrogens (tertiary/aromatic N) is 2. The summed E-state index contributed by atoms with van der Waals surface area (Å²) in [6.07, 6.45) is 3.93. The molecule has 1 N–H and O–H groups in total. The second-order valence-corrected chi connectivity index (χ2v) is 5.70. The van der Waals surface area contributed by atoms with Gasteiger partial charge in [-0.2, -0.15) is 0 Å². The van der Waals surface area contributed by atoms with Crippen molar-refractivity contribution in [1.29, 1.82) is 0 Å². The molecule has 106 valence electrons. The summed E-state index contributed by atoms with van der Waals surface area (Å²) in [6.45, 7) is 6.96. The van der Waals surface area contributed by atoms with Crippen LogP contribution in [0.4, 0.5) is 0 Å². The van der Waals surface area contributed by atoms with Crippen LogP contribution in [0.5, 0.6) is 0 Å². The molecule has 0 saturated carbocycles. The number of hydrogen-bond donors (Lipinski definition) is 1. The van der Waals surface area contributed by atoms with Crippen LogP contribution >= 0.6 is 0 Å². The van der Waals surface area contributed by atoms with E-state index in [4.69, 9.17) is 0 Å². The van der Waals surface area contributed by atoms with Crippen LogP contribution in [0, 0.1) is 12.8 Å². The molecule has 0 aromatic carbocycles. The third-order valence-corrected chi connectivity index (χ3v) is 4.24. The molecule has 1 aromatic rings. The van der Waals surface area contributed by atoms with Gasteiger partial charge in [-0.25, -0.2) is 4.98 Å². The smallest absolute Gasteiger partial charge is 0.257 e. The van der Waals surface area contributed by atoms with Gasteiger partial charge in [-0.3, -0.25) is 9.36 Å². The van der Waals surface area contributed by atoms with Crippen LogP contribution in [0.1, 0.15) is 62.7 Å². The molecule has 2 rings (SSSR count). The second-order valence-electron chi connectivity index (χ2n) is 5.70. The molecule has 1 aliphatic heterocycles. The van der Waals surface area contributed by atoms with Crippen molar-refractivity contribution in [3.05, 3.63) is 27.4 Å². The summed E-state index contributed by atoms with van der Waals surface area (Å²) in [7, 11) is 0. The molecule has 4 heteroatoms. The van der Waals surface area contributed by atoms with E-state index in [9.17, 15) is 9.90 Å². The van der Waals surface area contributed by atoms with Gasteiger partial charge in [-0.15, -0.1) is 0 Å². The normalized spacial score (nSPS) is 20.1. The maximum atomic E-state index is 12.5. The molecule has 1 aromatic heterocycles. The van der Waals surface area contributed by atoms with Gasteiger partial charge in [0.05, 0.1) is 0 Å². The van der Waals surface area contributed by atoms with Gasteiger partial charge in [0.25, 0.3) is 5.56 Å².